The third-order valence-electron chi connectivity index (χ3n) is 3.02. The summed E-state index contributed by atoms with van der Waals surface area (Å²) in [4.78, 5) is 4.53. The summed E-state index contributed by atoms with van der Waals surface area (Å²) >= 11 is 0. The molecule has 0 saturated carbocycles. The van der Waals surface area contributed by atoms with Gasteiger partial charge < -0.3 is 9.73 Å². The van der Waals surface area contributed by atoms with Gasteiger partial charge >= 0.3 is 0 Å². The molecule has 0 unspecified atom stereocenters. The average Bonchev–Trinajstić information content (AvgIpc) is 2.65. The van der Waals surface area contributed by atoms with Crippen molar-refractivity contribution in [1.82, 2.24) is 10.3 Å². The molecule has 16 heavy (non-hydrogen) atoms. The first kappa shape index (κ1) is 9.60. The molecule has 1 aromatic heterocycles. The molecule has 1 fully saturated rings. The Morgan fingerprint density at radius 3 is 2.62 bits per heavy atom. The molecule has 1 aliphatic heterocycles. The second kappa shape index (κ2) is 3.76. The van der Waals surface area contributed by atoms with Gasteiger partial charge in [0.2, 0.25) is 5.89 Å². The molecular weight excluding hydrogens is 200 g/mol. The Morgan fingerprint density at radius 1 is 1.25 bits per heavy atom. The average molecular weight is 214 g/mol. The highest BCUT2D eigenvalue weighted by molar-refractivity contribution is 5.53. The first-order valence-electron chi connectivity index (χ1n) is 5.56. The van der Waals surface area contributed by atoms with Gasteiger partial charge in [0, 0.05) is 24.6 Å². The maximum Gasteiger partial charge on any atom is 0.226 e. The van der Waals surface area contributed by atoms with E-state index in [0.717, 1.165) is 30.2 Å². The van der Waals surface area contributed by atoms with E-state index in [1.54, 1.807) is 6.26 Å². The van der Waals surface area contributed by atoms with Gasteiger partial charge in [0.25, 0.3) is 0 Å². The van der Waals surface area contributed by atoms with Gasteiger partial charge in [0.05, 0.1) is 5.69 Å². The molecular formula is C13H14N2O. The molecule has 1 N–H and O–H groups in total. The molecule has 0 bridgehead atoms. The van der Waals surface area contributed by atoms with Crippen LogP contribution in [-0.4, -0.2) is 18.1 Å². The summed E-state index contributed by atoms with van der Waals surface area (Å²) in [5, 5.41) is 3.23. The predicted molar refractivity (Wildman–Crippen MR) is 62.3 cm³/mol. The second-order valence-electron chi connectivity index (χ2n) is 4.30. The fourth-order valence-electron chi connectivity index (χ4n) is 1.80. The number of hydrogen-bond donors (Lipinski definition) is 1. The van der Waals surface area contributed by atoms with Crippen molar-refractivity contribution in [1.29, 1.82) is 0 Å². The van der Waals surface area contributed by atoms with Crippen LogP contribution < -0.4 is 5.32 Å². The Balaban J connectivity index is 1.88. The van der Waals surface area contributed by atoms with E-state index < -0.39 is 0 Å². The standard InChI is InChI=1S/C13H14N2O/c1-9-2-4-10(5-3-9)13-15-12(8-16-13)11-6-14-7-11/h2-5,8,11,14H,6-7H2,1H3. The van der Waals surface area contributed by atoms with Gasteiger partial charge in [-0.25, -0.2) is 4.98 Å². The lowest BCUT2D eigenvalue weighted by Gasteiger charge is -2.24. The van der Waals surface area contributed by atoms with E-state index in [4.69, 9.17) is 4.42 Å². The largest absolute Gasteiger partial charge is 0.444 e. The van der Waals surface area contributed by atoms with Crippen molar-refractivity contribution in [2.24, 2.45) is 0 Å². The van der Waals surface area contributed by atoms with Crippen molar-refractivity contribution in [2.45, 2.75) is 12.8 Å². The highest BCUT2D eigenvalue weighted by Crippen LogP contribution is 2.24. The maximum absolute atomic E-state index is 5.51. The number of aromatic nitrogens is 1. The molecule has 1 aliphatic rings. The molecule has 3 nitrogen and oxygen atoms in total. The van der Waals surface area contributed by atoms with Crippen LogP contribution in [0.3, 0.4) is 0 Å². The summed E-state index contributed by atoms with van der Waals surface area (Å²) in [7, 11) is 0. The fraction of sp³-hybridized carbons (Fsp3) is 0.308. The zero-order valence-electron chi connectivity index (χ0n) is 9.23. The Hall–Kier alpha value is -1.61. The lowest BCUT2D eigenvalue weighted by molar-refractivity contribution is 0.438. The van der Waals surface area contributed by atoms with E-state index in [9.17, 15) is 0 Å². The first-order chi connectivity index (χ1) is 7.83. The molecule has 82 valence electrons. The summed E-state index contributed by atoms with van der Waals surface area (Å²) in [6.45, 7) is 4.10. The molecule has 2 aromatic rings. The summed E-state index contributed by atoms with van der Waals surface area (Å²) in [6, 6.07) is 8.24. The Kier molecular flexibility index (Phi) is 2.26. The summed E-state index contributed by atoms with van der Waals surface area (Å²) in [5.74, 6) is 1.25. The van der Waals surface area contributed by atoms with Gasteiger partial charge in [0.15, 0.2) is 0 Å². The van der Waals surface area contributed by atoms with Crippen LogP contribution in [0.2, 0.25) is 0 Å². The minimum absolute atomic E-state index is 0.531. The zero-order chi connectivity index (χ0) is 11.0. The van der Waals surface area contributed by atoms with E-state index in [1.165, 1.54) is 5.56 Å². The summed E-state index contributed by atoms with van der Waals surface area (Å²) in [5.41, 5.74) is 3.36. The lowest BCUT2D eigenvalue weighted by atomic mass is 10.0. The number of nitrogens with one attached hydrogen (secondary N) is 1. The fourth-order valence-corrected chi connectivity index (χ4v) is 1.80. The maximum atomic E-state index is 5.51. The van der Waals surface area contributed by atoms with Gasteiger partial charge in [-0.15, -0.1) is 0 Å². The molecule has 0 atom stereocenters. The highest BCUT2D eigenvalue weighted by atomic mass is 16.3. The van der Waals surface area contributed by atoms with Crippen molar-refractivity contribution in [3.8, 4) is 11.5 Å². The number of aryl methyl sites for hydroxylation is 1. The third kappa shape index (κ3) is 1.63. The first-order valence-corrected chi connectivity index (χ1v) is 5.56. The van der Waals surface area contributed by atoms with Gasteiger partial charge in [-0.2, -0.15) is 0 Å². The minimum Gasteiger partial charge on any atom is -0.444 e. The minimum atomic E-state index is 0.531. The smallest absolute Gasteiger partial charge is 0.226 e. The summed E-state index contributed by atoms with van der Waals surface area (Å²) < 4.78 is 5.51. The molecule has 1 saturated heterocycles. The Morgan fingerprint density at radius 2 is 2.00 bits per heavy atom. The van der Waals surface area contributed by atoms with Crippen LogP contribution in [0.25, 0.3) is 11.5 Å². The molecule has 0 aliphatic carbocycles. The van der Waals surface area contributed by atoms with Crippen LogP contribution in [0.15, 0.2) is 34.9 Å². The number of benzene rings is 1. The van der Waals surface area contributed by atoms with Crippen LogP contribution in [0, 0.1) is 6.92 Å². The molecule has 0 radical (unpaired) electrons. The van der Waals surface area contributed by atoms with E-state index in [1.807, 2.05) is 12.1 Å². The normalized spacial score (nSPS) is 16.1. The van der Waals surface area contributed by atoms with Crippen molar-refractivity contribution >= 4 is 0 Å². The van der Waals surface area contributed by atoms with E-state index in [0.29, 0.717) is 5.92 Å². The van der Waals surface area contributed by atoms with Crippen LogP contribution in [-0.2, 0) is 0 Å². The van der Waals surface area contributed by atoms with Crippen LogP contribution in [0.5, 0.6) is 0 Å². The number of oxazole rings is 1. The van der Waals surface area contributed by atoms with Gasteiger partial charge in [0.1, 0.15) is 6.26 Å². The van der Waals surface area contributed by atoms with Crippen molar-refractivity contribution in [2.75, 3.05) is 13.1 Å². The van der Waals surface area contributed by atoms with Gasteiger partial charge in [-0.05, 0) is 19.1 Å². The van der Waals surface area contributed by atoms with Gasteiger partial charge in [-0.1, -0.05) is 17.7 Å². The quantitative estimate of drug-likeness (QED) is 0.833. The topological polar surface area (TPSA) is 38.1 Å². The van der Waals surface area contributed by atoms with Crippen LogP contribution >= 0.6 is 0 Å². The number of hydrogen-bond acceptors (Lipinski definition) is 3. The molecule has 2 heterocycles. The predicted octanol–water partition coefficient (Wildman–Crippen LogP) is 2.34. The van der Waals surface area contributed by atoms with Crippen LogP contribution in [0.4, 0.5) is 0 Å². The summed E-state index contributed by atoms with van der Waals surface area (Å²) in [6.07, 6.45) is 1.78. The van der Waals surface area contributed by atoms with Crippen molar-refractivity contribution < 1.29 is 4.42 Å². The highest BCUT2D eigenvalue weighted by Gasteiger charge is 2.22. The van der Waals surface area contributed by atoms with Crippen molar-refractivity contribution in [3.63, 3.8) is 0 Å². The van der Waals surface area contributed by atoms with Crippen LogP contribution in [0.1, 0.15) is 17.2 Å². The molecule has 0 amide bonds. The SMILES string of the molecule is Cc1ccc(-c2nc(C3CNC3)co2)cc1. The monoisotopic (exact) mass is 214 g/mol. The van der Waals surface area contributed by atoms with Gasteiger partial charge in [-0.3, -0.25) is 0 Å². The second-order valence-corrected chi connectivity index (χ2v) is 4.30. The zero-order valence-corrected chi connectivity index (χ0v) is 9.23. The lowest BCUT2D eigenvalue weighted by Crippen LogP contribution is -2.40. The Labute approximate surface area is 94.5 Å². The molecule has 0 spiro atoms. The number of nitrogens with zero attached hydrogens (tertiary/aromatic N) is 1. The Bertz CT molecular complexity index is 483. The number of rotatable bonds is 2. The molecule has 1 aromatic carbocycles. The van der Waals surface area contributed by atoms with E-state index in [2.05, 4.69) is 29.4 Å². The van der Waals surface area contributed by atoms with E-state index in [-0.39, 0.29) is 0 Å². The van der Waals surface area contributed by atoms with E-state index >= 15 is 0 Å². The van der Waals surface area contributed by atoms with Crippen molar-refractivity contribution in [3.05, 3.63) is 41.8 Å². The molecule has 3 heteroatoms. The third-order valence-corrected chi connectivity index (χ3v) is 3.02. The molecule has 3 rings (SSSR count).